The first-order chi connectivity index (χ1) is 8.69. The summed E-state index contributed by atoms with van der Waals surface area (Å²) in [6.45, 7) is 1.42. The Labute approximate surface area is 103 Å². The third-order valence-corrected chi connectivity index (χ3v) is 2.30. The maximum absolute atomic E-state index is 11.8. The maximum atomic E-state index is 11.8. The number of nitrogens with zero attached hydrogens (tertiary/aromatic N) is 5. The van der Waals surface area contributed by atoms with E-state index in [-0.39, 0.29) is 5.56 Å². The highest BCUT2D eigenvalue weighted by molar-refractivity contribution is 5.38. The van der Waals surface area contributed by atoms with E-state index < -0.39 is 0 Å². The van der Waals surface area contributed by atoms with Gasteiger partial charge in [0.25, 0.3) is 5.56 Å². The van der Waals surface area contributed by atoms with Crippen molar-refractivity contribution in [2.75, 3.05) is 18.4 Å². The van der Waals surface area contributed by atoms with Gasteiger partial charge in [0.1, 0.15) is 5.69 Å². The van der Waals surface area contributed by atoms with Gasteiger partial charge in [-0.15, -0.1) is 5.10 Å². The van der Waals surface area contributed by atoms with Crippen LogP contribution in [0.4, 0.5) is 5.69 Å². The lowest BCUT2D eigenvalue weighted by Gasteiger charge is -2.05. The van der Waals surface area contributed by atoms with Gasteiger partial charge in [-0.25, -0.2) is 4.68 Å². The van der Waals surface area contributed by atoms with Gasteiger partial charge in [0.15, 0.2) is 0 Å². The normalized spacial score (nSPS) is 10.6. The number of nitrogens with two attached hydrogens (primary N) is 1. The molecule has 2 aromatic rings. The molecule has 0 aliphatic carbocycles. The molecular formula is C10H15N7O. The highest BCUT2D eigenvalue weighted by Gasteiger charge is 2.03. The second kappa shape index (κ2) is 5.41. The number of hydrogen-bond acceptors (Lipinski definition) is 6. The van der Waals surface area contributed by atoms with Crippen LogP contribution in [0.25, 0.3) is 0 Å². The summed E-state index contributed by atoms with van der Waals surface area (Å²) < 4.78 is 2.91. The Kier molecular flexibility index (Phi) is 3.68. The Balaban J connectivity index is 2.12. The number of hydrogen-bond donors (Lipinski definition) is 2. The third kappa shape index (κ3) is 2.92. The van der Waals surface area contributed by atoms with Gasteiger partial charge >= 0.3 is 0 Å². The van der Waals surface area contributed by atoms with Crippen molar-refractivity contribution in [1.82, 2.24) is 24.8 Å². The Morgan fingerprint density at radius 3 is 2.94 bits per heavy atom. The van der Waals surface area contributed by atoms with Crippen LogP contribution in [-0.2, 0) is 13.6 Å². The second-order valence-electron chi connectivity index (χ2n) is 3.84. The maximum Gasteiger partial charge on any atom is 0.269 e. The average molecular weight is 249 g/mol. The van der Waals surface area contributed by atoms with E-state index in [1.54, 1.807) is 24.1 Å². The van der Waals surface area contributed by atoms with Crippen LogP contribution >= 0.6 is 0 Å². The van der Waals surface area contributed by atoms with Gasteiger partial charge in [-0.3, -0.25) is 9.48 Å². The standard InChI is InChI=1S/C10H15N7O/c1-16-6-9(14-15-16)7-17-10(18)4-8(5-13-17)12-3-2-11/h4-6,12H,2-3,7,11H2,1H3. The molecule has 0 amide bonds. The van der Waals surface area contributed by atoms with Gasteiger partial charge in [-0.2, -0.15) is 5.10 Å². The summed E-state index contributed by atoms with van der Waals surface area (Å²) in [5, 5.41) is 14.8. The molecule has 0 spiro atoms. The summed E-state index contributed by atoms with van der Waals surface area (Å²) in [5.41, 5.74) is 6.53. The molecule has 18 heavy (non-hydrogen) atoms. The van der Waals surface area contributed by atoms with Gasteiger partial charge in [0.2, 0.25) is 0 Å². The van der Waals surface area contributed by atoms with E-state index in [0.717, 1.165) is 0 Å². The lowest BCUT2D eigenvalue weighted by Crippen LogP contribution is -2.24. The van der Waals surface area contributed by atoms with E-state index in [1.165, 1.54) is 10.7 Å². The zero-order chi connectivity index (χ0) is 13.0. The average Bonchev–Trinajstić information content (AvgIpc) is 2.75. The molecule has 0 fully saturated rings. The number of rotatable bonds is 5. The van der Waals surface area contributed by atoms with Gasteiger partial charge in [0.05, 0.1) is 24.6 Å². The fourth-order valence-corrected chi connectivity index (χ4v) is 1.49. The first-order valence-electron chi connectivity index (χ1n) is 5.55. The molecule has 0 aromatic carbocycles. The highest BCUT2D eigenvalue weighted by Crippen LogP contribution is 1.99. The molecule has 0 aliphatic rings. The minimum Gasteiger partial charge on any atom is -0.382 e. The van der Waals surface area contributed by atoms with Crippen molar-refractivity contribution in [1.29, 1.82) is 0 Å². The van der Waals surface area contributed by atoms with Gasteiger partial charge in [0, 0.05) is 26.2 Å². The number of aromatic nitrogens is 5. The molecule has 0 unspecified atom stereocenters. The number of aryl methyl sites for hydroxylation is 1. The van der Waals surface area contributed by atoms with Crippen LogP contribution in [0, 0.1) is 0 Å². The van der Waals surface area contributed by atoms with Crippen molar-refractivity contribution < 1.29 is 0 Å². The molecule has 0 radical (unpaired) electrons. The molecule has 0 saturated carbocycles. The third-order valence-electron chi connectivity index (χ3n) is 2.30. The zero-order valence-corrected chi connectivity index (χ0v) is 10.1. The van der Waals surface area contributed by atoms with E-state index in [0.29, 0.717) is 31.0 Å². The topological polar surface area (TPSA) is 104 Å². The molecule has 0 aliphatic heterocycles. The minimum atomic E-state index is -0.192. The van der Waals surface area contributed by atoms with E-state index in [4.69, 9.17) is 5.73 Å². The Morgan fingerprint density at radius 2 is 2.33 bits per heavy atom. The Hall–Kier alpha value is -2.22. The lowest BCUT2D eigenvalue weighted by molar-refractivity contribution is 0.626. The van der Waals surface area contributed by atoms with Crippen LogP contribution in [0.5, 0.6) is 0 Å². The fourth-order valence-electron chi connectivity index (χ4n) is 1.49. The van der Waals surface area contributed by atoms with Crippen LogP contribution in [0.2, 0.25) is 0 Å². The molecule has 2 heterocycles. The molecular weight excluding hydrogens is 234 g/mol. The van der Waals surface area contributed by atoms with Gasteiger partial charge < -0.3 is 11.1 Å². The zero-order valence-electron chi connectivity index (χ0n) is 10.1. The van der Waals surface area contributed by atoms with Crippen LogP contribution in [-0.4, -0.2) is 37.9 Å². The minimum absolute atomic E-state index is 0.192. The quantitative estimate of drug-likeness (QED) is 0.689. The molecule has 0 atom stereocenters. The predicted octanol–water partition coefficient (Wildman–Crippen LogP) is -1.21. The van der Waals surface area contributed by atoms with Crippen LogP contribution in [0.3, 0.4) is 0 Å². The predicted molar refractivity (Wildman–Crippen MR) is 66.1 cm³/mol. The van der Waals surface area contributed by atoms with Crippen molar-refractivity contribution in [2.45, 2.75) is 6.54 Å². The van der Waals surface area contributed by atoms with Crippen molar-refractivity contribution in [2.24, 2.45) is 12.8 Å². The van der Waals surface area contributed by atoms with Crippen molar-refractivity contribution in [3.63, 3.8) is 0 Å². The Morgan fingerprint density at radius 1 is 1.50 bits per heavy atom. The summed E-state index contributed by atoms with van der Waals surface area (Å²) in [6, 6.07) is 1.49. The summed E-state index contributed by atoms with van der Waals surface area (Å²) in [7, 11) is 1.77. The lowest BCUT2D eigenvalue weighted by atomic mass is 10.4. The first kappa shape index (κ1) is 12.2. The van der Waals surface area contributed by atoms with E-state index >= 15 is 0 Å². The van der Waals surface area contributed by atoms with E-state index in [2.05, 4.69) is 20.7 Å². The SMILES string of the molecule is Cn1cc(Cn2ncc(NCCN)cc2=O)nn1. The second-order valence-corrected chi connectivity index (χ2v) is 3.84. The summed E-state index contributed by atoms with van der Waals surface area (Å²) >= 11 is 0. The summed E-state index contributed by atoms with van der Waals surface area (Å²) in [4.78, 5) is 11.8. The van der Waals surface area contributed by atoms with E-state index in [9.17, 15) is 4.79 Å². The molecule has 8 heteroatoms. The van der Waals surface area contributed by atoms with Gasteiger partial charge in [-0.1, -0.05) is 5.21 Å². The largest absolute Gasteiger partial charge is 0.382 e. The summed E-state index contributed by atoms with van der Waals surface area (Å²) in [6.07, 6.45) is 3.34. The highest BCUT2D eigenvalue weighted by atomic mass is 16.1. The molecule has 2 aromatic heterocycles. The molecule has 0 bridgehead atoms. The van der Waals surface area contributed by atoms with Crippen LogP contribution < -0.4 is 16.6 Å². The molecule has 8 nitrogen and oxygen atoms in total. The summed E-state index contributed by atoms with van der Waals surface area (Å²) in [5.74, 6) is 0. The molecule has 96 valence electrons. The van der Waals surface area contributed by atoms with Crippen molar-refractivity contribution >= 4 is 5.69 Å². The van der Waals surface area contributed by atoms with Crippen LogP contribution in [0.1, 0.15) is 5.69 Å². The molecule has 2 rings (SSSR count). The number of anilines is 1. The molecule has 3 N–H and O–H groups in total. The van der Waals surface area contributed by atoms with Crippen molar-refractivity contribution in [3.8, 4) is 0 Å². The smallest absolute Gasteiger partial charge is 0.269 e. The fraction of sp³-hybridized carbons (Fsp3) is 0.400. The molecule has 0 saturated heterocycles. The number of nitrogens with one attached hydrogen (secondary N) is 1. The van der Waals surface area contributed by atoms with Gasteiger partial charge in [-0.05, 0) is 0 Å². The van der Waals surface area contributed by atoms with Crippen LogP contribution in [0.15, 0.2) is 23.3 Å². The van der Waals surface area contributed by atoms with E-state index in [1.807, 2.05) is 0 Å². The monoisotopic (exact) mass is 249 g/mol. The van der Waals surface area contributed by atoms with Crippen molar-refractivity contribution in [3.05, 3.63) is 34.5 Å². The first-order valence-corrected chi connectivity index (χ1v) is 5.55. The Bertz CT molecular complexity index is 574.